The number of halogens is 3. The molecule has 0 unspecified atom stereocenters. The van der Waals surface area contributed by atoms with Crippen LogP contribution in [0.3, 0.4) is 0 Å². The maximum Gasteiger partial charge on any atom is 0.201 e. The number of ketones is 1. The summed E-state index contributed by atoms with van der Waals surface area (Å²) in [4.78, 5) is 16.7. The number of aryl methyl sites for hydroxylation is 1. The van der Waals surface area contributed by atoms with Gasteiger partial charge in [-0.1, -0.05) is 11.6 Å². The van der Waals surface area contributed by atoms with Crippen molar-refractivity contribution in [2.75, 3.05) is 6.54 Å². The zero-order valence-corrected chi connectivity index (χ0v) is 15.3. The topological polar surface area (TPSA) is 89.3 Å². The van der Waals surface area contributed by atoms with Crippen LogP contribution in [0, 0.1) is 11.6 Å². The number of nitrogens with one attached hydrogen (secondary N) is 1. The van der Waals surface area contributed by atoms with Gasteiger partial charge in [-0.3, -0.25) is 4.79 Å². The van der Waals surface area contributed by atoms with Gasteiger partial charge in [0.05, 0.1) is 10.6 Å². The fourth-order valence-electron chi connectivity index (χ4n) is 2.63. The summed E-state index contributed by atoms with van der Waals surface area (Å²) in [5.41, 5.74) is 0.548. The Morgan fingerprint density at radius 2 is 2.04 bits per heavy atom. The lowest BCUT2D eigenvalue weighted by atomic mass is 9.98. The van der Waals surface area contributed by atoms with Gasteiger partial charge in [-0.15, -0.1) is 0 Å². The molecule has 1 heterocycles. The quantitative estimate of drug-likeness (QED) is 0.268. The fraction of sp³-hybridized carbons (Fsp3) is 0.176. The van der Waals surface area contributed by atoms with Crippen molar-refractivity contribution in [3.05, 3.63) is 64.0 Å². The molecule has 0 aliphatic heterocycles. The summed E-state index contributed by atoms with van der Waals surface area (Å²) in [6.45, 7) is 0.111. The van der Waals surface area contributed by atoms with Gasteiger partial charge in [-0.25, -0.2) is 26.9 Å². The normalized spacial score (nSPS) is 11.4. The predicted octanol–water partition coefficient (Wildman–Crippen LogP) is 3.04. The van der Waals surface area contributed by atoms with Gasteiger partial charge in [0.2, 0.25) is 10.9 Å². The van der Waals surface area contributed by atoms with Gasteiger partial charge in [-0.05, 0) is 42.7 Å². The summed E-state index contributed by atoms with van der Waals surface area (Å²) in [5.74, 6) is -3.34. The lowest BCUT2D eigenvalue weighted by Crippen LogP contribution is -2.14. The Balaban J connectivity index is 1.94. The monoisotopic (exact) mass is 414 g/mol. The minimum absolute atomic E-state index is 0.0709. The van der Waals surface area contributed by atoms with Gasteiger partial charge in [-0.2, -0.15) is 0 Å². The maximum atomic E-state index is 14.3. The third-order valence-corrected chi connectivity index (χ3v) is 4.83. The van der Waals surface area contributed by atoms with E-state index in [0.717, 1.165) is 6.07 Å². The maximum absolute atomic E-state index is 14.3. The molecule has 2 aromatic carbocycles. The molecule has 0 aliphatic rings. The largest absolute Gasteiger partial charge is 0.443 e. The van der Waals surface area contributed by atoms with Gasteiger partial charge in [0.15, 0.2) is 29.4 Å². The van der Waals surface area contributed by atoms with E-state index >= 15 is 0 Å². The van der Waals surface area contributed by atoms with E-state index in [0.29, 0.717) is 17.5 Å². The van der Waals surface area contributed by atoms with Gasteiger partial charge >= 0.3 is 0 Å². The second kappa shape index (κ2) is 8.12. The summed E-state index contributed by atoms with van der Waals surface area (Å²) in [6.07, 6.45) is 1.66. The van der Waals surface area contributed by atoms with Crippen LogP contribution in [0.5, 0.6) is 0 Å². The highest BCUT2D eigenvalue weighted by Crippen LogP contribution is 2.30. The predicted molar refractivity (Wildman–Crippen MR) is 95.4 cm³/mol. The number of hydrogen-bond donors (Lipinski definition) is 2. The highest BCUT2D eigenvalue weighted by atomic mass is 35.5. The highest BCUT2D eigenvalue weighted by molar-refractivity contribution is 7.70. The van der Waals surface area contributed by atoms with E-state index in [2.05, 4.69) is 9.71 Å². The Hall–Kier alpha value is -2.36. The molecule has 1 N–H and O–H groups in total. The van der Waals surface area contributed by atoms with Crippen molar-refractivity contribution in [3.63, 3.8) is 0 Å². The first-order valence-corrected chi connectivity index (χ1v) is 9.36. The second-order valence-electron chi connectivity index (χ2n) is 5.65. The van der Waals surface area contributed by atoms with Crippen molar-refractivity contribution in [2.45, 2.75) is 12.8 Å². The van der Waals surface area contributed by atoms with E-state index in [1.807, 2.05) is 0 Å². The molecule has 10 heteroatoms. The van der Waals surface area contributed by atoms with Crippen molar-refractivity contribution < 1.29 is 26.4 Å². The first-order valence-electron chi connectivity index (χ1n) is 7.80. The summed E-state index contributed by atoms with van der Waals surface area (Å²) in [7, 11) is -2.74. The fourth-order valence-corrected chi connectivity index (χ4v) is 3.29. The number of fused-ring (bicyclic) bond motifs is 1. The number of rotatable bonds is 7. The standard InChI is InChI=1S/C17H13ClF2N2O4S/c18-15-9(2-1-5-22-27(24)25)6-11(19)16(20)14(15)17(23)10-3-4-12-13(7-10)26-8-21-12/h3-4,6-8,27H,1-2,5H2,(H,22,24,25). The van der Waals surface area contributed by atoms with Crippen LogP contribution in [-0.4, -0.2) is 25.7 Å². The molecular weight excluding hydrogens is 402 g/mol. The second-order valence-corrected chi connectivity index (χ2v) is 6.86. The number of aromatic nitrogens is 1. The zero-order valence-electron chi connectivity index (χ0n) is 13.7. The summed E-state index contributed by atoms with van der Waals surface area (Å²) in [5, 5.41) is -0.205. The summed E-state index contributed by atoms with van der Waals surface area (Å²) >= 11 is 6.17. The minimum atomic E-state index is -2.74. The minimum Gasteiger partial charge on any atom is -0.443 e. The van der Waals surface area contributed by atoms with E-state index in [1.165, 1.54) is 24.6 Å². The Morgan fingerprint density at radius 1 is 1.26 bits per heavy atom. The van der Waals surface area contributed by atoms with Gasteiger partial charge in [0.1, 0.15) is 5.52 Å². The molecule has 0 amide bonds. The van der Waals surface area contributed by atoms with Crippen molar-refractivity contribution >= 4 is 39.4 Å². The van der Waals surface area contributed by atoms with Crippen LogP contribution < -0.4 is 4.72 Å². The summed E-state index contributed by atoms with van der Waals surface area (Å²) < 4.78 is 56.6. The third-order valence-electron chi connectivity index (χ3n) is 3.92. The van der Waals surface area contributed by atoms with Gasteiger partial charge in [0.25, 0.3) is 0 Å². The number of nitrogens with zero attached hydrogens (tertiary/aromatic N) is 1. The highest BCUT2D eigenvalue weighted by Gasteiger charge is 2.24. The molecule has 0 spiro atoms. The lowest BCUT2D eigenvalue weighted by Gasteiger charge is -2.11. The van der Waals surface area contributed by atoms with Crippen LogP contribution >= 0.6 is 11.6 Å². The van der Waals surface area contributed by atoms with Crippen LogP contribution in [0.1, 0.15) is 27.9 Å². The number of carbonyl (C=O) groups excluding carboxylic acids is 1. The van der Waals surface area contributed by atoms with Crippen LogP contribution in [0.15, 0.2) is 35.1 Å². The average Bonchev–Trinajstić information content (AvgIpc) is 3.10. The van der Waals surface area contributed by atoms with Gasteiger partial charge < -0.3 is 4.42 Å². The SMILES string of the molecule is O=C(c1ccc2ncoc2c1)c1c(F)c(F)cc(CCCN[SH](=O)=O)c1Cl. The Labute approximate surface area is 159 Å². The number of thiol groups is 1. The molecular formula is C17H13ClF2N2O4S. The number of hydrogen-bond acceptors (Lipinski definition) is 5. The molecule has 0 radical (unpaired) electrons. The van der Waals surface area contributed by atoms with Gasteiger partial charge in [0, 0.05) is 12.1 Å². The Morgan fingerprint density at radius 3 is 2.78 bits per heavy atom. The molecule has 0 bridgehead atoms. The van der Waals surface area contributed by atoms with E-state index in [1.54, 1.807) is 0 Å². The molecule has 0 fully saturated rings. The van der Waals surface area contributed by atoms with E-state index in [4.69, 9.17) is 16.0 Å². The van der Waals surface area contributed by atoms with Crippen LogP contribution in [0.4, 0.5) is 8.78 Å². The lowest BCUT2D eigenvalue weighted by molar-refractivity contribution is 0.103. The van der Waals surface area contributed by atoms with Crippen molar-refractivity contribution in [2.24, 2.45) is 0 Å². The van der Waals surface area contributed by atoms with Crippen molar-refractivity contribution in [1.82, 2.24) is 9.71 Å². The van der Waals surface area contributed by atoms with E-state index < -0.39 is 33.9 Å². The van der Waals surface area contributed by atoms with Crippen molar-refractivity contribution in [3.8, 4) is 0 Å². The molecule has 0 aliphatic carbocycles. The molecule has 3 aromatic rings. The van der Waals surface area contributed by atoms with E-state index in [-0.39, 0.29) is 29.1 Å². The average molecular weight is 415 g/mol. The number of oxazole rings is 1. The molecule has 27 heavy (non-hydrogen) atoms. The summed E-state index contributed by atoms with van der Waals surface area (Å²) in [6, 6.07) is 5.22. The smallest absolute Gasteiger partial charge is 0.201 e. The molecule has 6 nitrogen and oxygen atoms in total. The molecule has 3 rings (SSSR count). The molecule has 0 saturated heterocycles. The molecule has 1 aromatic heterocycles. The van der Waals surface area contributed by atoms with Crippen LogP contribution in [0.2, 0.25) is 5.02 Å². The molecule has 142 valence electrons. The van der Waals surface area contributed by atoms with Crippen LogP contribution in [-0.2, 0) is 17.3 Å². The first kappa shape index (κ1) is 19.4. The number of carbonyl (C=O) groups is 1. The van der Waals surface area contributed by atoms with E-state index in [9.17, 15) is 22.0 Å². The molecule has 0 atom stereocenters. The van der Waals surface area contributed by atoms with Crippen LogP contribution in [0.25, 0.3) is 11.1 Å². The molecule has 0 saturated carbocycles. The Kier molecular flexibility index (Phi) is 5.83. The Bertz CT molecular complexity index is 1090. The zero-order chi connectivity index (χ0) is 19.6. The number of benzene rings is 2. The van der Waals surface area contributed by atoms with Crippen molar-refractivity contribution in [1.29, 1.82) is 0 Å². The first-order chi connectivity index (χ1) is 12.9. The third kappa shape index (κ3) is 4.15.